The molecule has 1 N–H and O–H groups in total. The average Bonchev–Trinajstić information content (AvgIpc) is 2.52. The number of nitrogens with one attached hydrogen (secondary N) is 1. The minimum absolute atomic E-state index is 0. The van der Waals surface area contributed by atoms with Gasteiger partial charge in [0.25, 0.3) is 0 Å². The van der Waals surface area contributed by atoms with Crippen LogP contribution in [0.4, 0.5) is 10.1 Å². The molecular formula is C18H21Cl2FN2O. The molecule has 2 aromatic carbocycles. The highest BCUT2D eigenvalue weighted by molar-refractivity contribution is 6.31. The summed E-state index contributed by atoms with van der Waals surface area (Å²) in [7, 11) is 4.02. The van der Waals surface area contributed by atoms with Gasteiger partial charge in [-0.05, 0) is 57.4 Å². The summed E-state index contributed by atoms with van der Waals surface area (Å²) in [5.74, 6) is -0.906. The van der Waals surface area contributed by atoms with Crippen LogP contribution < -0.4 is 5.32 Å². The molecule has 0 bridgehead atoms. The van der Waals surface area contributed by atoms with Gasteiger partial charge in [0.2, 0.25) is 0 Å². The van der Waals surface area contributed by atoms with E-state index in [2.05, 4.69) is 10.2 Å². The van der Waals surface area contributed by atoms with Crippen molar-refractivity contribution in [1.29, 1.82) is 0 Å². The fourth-order valence-electron chi connectivity index (χ4n) is 2.27. The van der Waals surface area contributed by atoms with Crippen molar-refractivity contribution in [2.75, 3.05) is 32.5 Å². The van der Waals surface area contributed by atoms with Crippen molar-refractivity contribution in [2.45, 2.75) is 6.42 Å². The van der Waals surface area contributed by atoms with Gasteiger partial charge in [0.05, 0.1) is 5.56 Å². The van der Waals surface area contributed by atoms with Crippen molar-refractivity contribution in [3.8, 4) is 0 Å². The van der Waals surface area contributed by atoms with Crippen molar-refractivity contribution in [2.24, 2.45) is 0 Å². The van der Waals surface area contributed by atoms with Crippen LogP contribution in [0, 0.1) is 5.82 Å². The number of benzene rings is 2. The summed E-state index contributed by atoms with van der Waals surface area (Å²) in [6, 6.07) is 11.0. The number of nitrogens with zero attached hydrogens (tertiary/aromatic N) is 1. The first-order valence-corrected chi connectivity index (χ1v) is 7.84. The Hall–Kier alpha value is -1.62. The standard InChI is InChI=1S/C18H20ClFN2O.ClH/c1-22(2)11-5-10-21-17-9-8-13(19)12-15(17)18(23)14-6-3-4-7-16(14)20;/h3-4,6-9,12,21H,5,10-11H2,1-2H3;1H. The summed E-state index contributed by atoms with van der Waals surface area (Å²) >= 11 is 6.01. The Labute approximate surface area is 153 Å². The first-order valence-electron chi connectivity index (χ1n) is 7.46. The molecule has 24 heavy (non-hydrogen) atoms. The predicted octanol–water partition coefficient (Wildman–Crippen LogP) is 4.50. The molecule has 6 heteroatoms. The molecule has 0 aliphatic heterocycles. The van der Waals surface area contributed by atoms with Gasteiger partial charge in [-0.25, -0.2) is 4.39 Å². The molecule has 2 aromatic rings. The maximum Gasteiger partial charge on any atom is 0.198 e. The molecule has 0 radical (unpaired) electrons. The van der Waals surface area contributed by atoms with Crippen LogP contribution >= 0.6 is 24.0 Å². The van der Waals surface area contributed by atoms with E-state index in [1.54, 1.807) is 30.3 Å². The van der Waals surface area contributed by atoms with Gasteiger partial charge in [-0.3, -0.25) is 4.79 Å². The first-order chi connectivity index (χ1) is 11.0. The van der Waals surface area contributed by atoms with Crippen LogP contribution in [0.15, 0.2) is 42.5 Å². The number of hydrogen-bond acceptors (Lipinski definition) is 3. The highest BCUT2D eigenvalue weighted by atomic mass is 35.5. The Bertz CT molecular complexity index is 692. The Balaban J connectivity index is 0.00000288. The molecule has 0 aliphatic carbocycles. The van der Waals surface area contributed by atoms with E-state index in [1.807, 2.05) is 14.1 Å². The smallest absolute Gasteiger partial charge is 0.198 e. The molecule has 0 atom stereocenters. The lowest BCUT2D eigenvalue weighted by molar-refractivity contribution is 0.103. The van der Waals surface area contributed by atoms with Crippen LogP contribution in [0.25, 0.3) is 0 Å². The van der Waals surface area contributed by atoms with Gasteiger partial charge in [-0.1, -0.05) is 23.7 Å². The van der Waals surface area contributed by atoms with Gasteiger partial charge >= 0.3 is 0 Å². The molecule has 0 unspecified atom stereocenters. The summed E-state index contributed by atoms with van der Waals surface area (Å²) in [6.45, 7) is 1.66. The second-order valence-corrected chi connectivity index (χ2v) is 6.02. The van der Waals surface area contributed by atoms with Gasteiger partial charge in [-0.15, -0.1) is 12.4 Å². The lowest BCUT2D eigenvalue weighted by atomic mass is 10.0. The minimum atomic E-state index is -0.531. The first kappa shape index (κ1) is 20.4. The van der Waals surface area contributed by atoms with Crippen molar-refractivity contribution in [3.63, 3.8) is 0 Å². The molecule has 0 heterocycles. The van der Waals surface area contributed by atoms with Crippen molar-refractivity contribution < 1.29 is 9.18 Å². The van der Waals surface area contributed by atoms with Crippen LogP contribution in [0.3, 0.4) is 0 Å². The number of anilines is 1. The van der Waals surface area contributed by atoms with Crippen molar-refractivity contribution in [3.05, 3.63) is 64.4 Å². The maximum absolute atomic E-state index is 13.9. The Morgan fingerprint density at radius 1 is 1.17 bits per heavy atom. The molecule has 0 spiro atoms. The molecule has 3 nitrogen and oxygen atoms in total. The normalized spacial score (nSPS) is 10.4. The second kappa shape index (κ2) is 9.62. The predicted molar refractivity (Wildman–Crippen MR) is 100 cm³/mol. The molecule has 2 rings (SSSR count). The van der Waals surface area contributed by atoms with E-state index < -0.39 is 5.82 Å². The highest BCUT2D eigenvalue weighted by Crippen LogP contribution is 2.24. The lowest BCUT2D eigenvalue weighted by Gasteiger charge is -2.14. The third kappa shape index (κ3) is 5.48. The van der Waals surface area contributed by atoms with E-state index in [0.29, 0.717) is 16.3 Å². The third-order valence-electron chi connectivity index (χ3n) is 3.44. The van der Waals surface area contributed by atoms with Crippen LogP contribution in [0.1, 0.15) is 22.3 Å². The Morgan fingerprint density at radius 2 is 1.88 bits per heavy atom. The zero-order valence-corrected chi connectivity index (χ0v) is 15.3. The minimum Gasteiger partial charge on any atom is -0.384 e. The number of halogens is 3. The zero-order chi connectivity index (χ0) is 16.8. The second-order valence-electron chi connectivity index (χ2n) is 5.58. The highest BCUT2D eigenvalue weighted by Gasteiger charge is 2.17. The van der Waals surface area contributed by atoms with E-state index >= 15 is 0 Å². The topological polar surface area (TPSA) is 32.3 Å². The van der Waals surface area contributed by atoms with Gasteiger partial charge < -0.3 is 10.2 Å². The molecule has 0 aromatic heterocycles. The maximum atomic E-state index is 13.9. The van der Waals surface area contributed by atoms with Crippen LogP contribution in [-0.2, 0) is 0 Å². The Morgan fingerprint density at radius 3 is 2.54 bits per heavy atom. The summed E-state index contributed by atoms with van der Waals surface area (Å²) < 4.78 is 13.9. The zero-order valence-electron chi connectivity index (χ0n) is 13.7. The van der Waals surface area contributed by atoms with E-state index in [0.717, 1.165) is 19.5 Å². The van der Waals surface area contributed by atoms with Crippen molar-refractivity contribution in [1.82, 2.24) is 4.90 Å². The average molecular weight is 371 g/mol. The molecule has 0 amide bonds. The number of hydrogen-bond donors (Lipinski definition) is 1. The van der Waals surface area contributed by atoms with Crippen LogP contribution in [-0.4, -0.2) is 37.9 Å². The summed E-state index contributed by atoms with van der Waals surface area (Å²) in [5.41, 5.74) is 1.10. The largest absolute Gasteiger partial charge is 0.384 e. The monoisotopic (exact) mass is 370 g/mol. The Kier molecular flexibility index (Phi) is 8.19. The molecule has 130 valence electrons. The summed E-state index contributed by atoms with van der Waals surface area (Å²) in [5, 5.41) is 3.69. The summed E-state index contributed by atoms with van der Waals surface area (Å²) in [4.78, 5) is 14.7. The van der Waals surface area contributed by atoms with Gasteiger partial charge in [0.15, 0.2) is 5.78 Å². The van der Waals surface area contributed by atoms with Gasteiger partial charge in [0, 0.05) is 22.8 Å². The van der Waals surface area contributed by atoms with Crippen LogP contribution in [0.2, 0.25) is 5.02 Å². The SMILES string of the molecule is CN(C)CCCNc1ccc(Cl)cc1C(=O)c1ccccc1F.Cl. The molecule has 0 saturated heterocycles. The summed E-state index contributed by atoms with van der Waals surface area (Å²) in [6.07, 6.45) is 0.933. The number of carbonyl (C=O) groups excluding carboxylic acids is 1. The number of rotatable bonds is 7. The molecule has 0 saturated carbocycles. The molecule has 0 aliphatic rings. The number of carbonyl (C=O) groups is 1. The molecular weight excluding hydrogens is 350 g/mol. The van der Waals surface area contributed by atoms with Gasteiger partial charge in [0.1, 0.15) is 5.82 Å². The fraction of sp³-hybridized carbons (Fsp3) is 0.278. The van der Waals surface area contributed by atoms with E-state index in [1.165, 1.54) is 12.1 Å². The van der Waals surface area contributed by atoms with Crippen molar-refractivity contribution >= 4 is 35.5 Å². The third-order valence-corrected chi connectivity index (χ3v) is 3.68. The van der Waals surface area contributed by atoms with E-state index in [4.69, 9.17) is 11.6 Å². The fourth-order valence-corrected chi connectivity index (χ4v) is 2.44. The van der Waals surface area contributed by atoms with E-state index in [-0.39, 0.29) is 23.8 Å². The van der Waals surface area contributed by atoms with Crippen LogP contribution in [0.5, 0.6) is 0 Å². The quantitative estimate of drug-likeness (QED) is 0.575. The van der Waals surface area contributed by atoms with Gasteiger partial charge in [-0.2, -0.15) is 0 Å². The number of ketones is 1. The lowest BCUT2D eigenvalue weighted by Crippen LogP contribution is -2.17. The molecule has 0 fully saturated rings. The van der Waals surface area contributed by atoms with E-state index in [9.17, 15) is 9.18 Å².